The Morgan fingerprint density at radius 2 is 2.27 bits per heavy atom. The zero-order valence-electron chi connectivity index (χ0n) is 6.25. The molecule has 11 heavy (non-hydrogen) atoms. The van der Waals surface area contributed by atoms with E-state index in [2.05, 4.69) is 0 Å². The second-order valence-corrected chi connectivity index (χ2v) is 2.04. The molecule has 1 rings (SSSR count). The first-order chi connectivity index (χ1) is 5.16. The monoisotopic (exact) mass is 156 g/mol. The predicted octanol–water partition coefficient (Wildman–Crippen LogP) is 0.662. The van der Waals surface area contributed by atoms with Crippen LogP contribution in [-0.4, -0.2) is 12.2 Å². The number of ether oxygens (including phenoxy) is 1. The van der Waals surface area contributed by atoms with Crippen LogP contribution in [0.2, 0.25) is 0 Å². The fraction of sp³-hybridized carbons (Fsp3) is 0.286. The fourth-order valence-electron chi connectivity index (χ4n) is 0.764. The van der Waals surface area contributed by atoms with Crippen molar-refractivity contribution < 1.29 is 14.3 Å². The number of hydrogen-bond acceptors (Lipinski definition) is 4. The molecule has 0 spiro atoms. The van der Waals surface area contributed by atoms with E-state index in [1.54, 1.807) is 6.92 Å². The van der Waals surface area contributed by atoms with Crippen molar-refractivity contribution in [2.24, 2.45) is 0 Å². The number of rotatable bonds is 1. The summed E-state index contributed by atoms with van der Waals surface area (Å²) in [5.41, 5.74) is -0.545. The molecule has 0 aliphatic heterocycles. The highest BCUT2D eigenvalue weighted by atomic mass is 16.5. The maximum absolute atomic E-state index is 11.0. The summed E-state index contributed by atoms with van der Waals surface area (Å²) in [5, 5.41) is 8.87. The van der Waals surface area contributed by atoms with Crippen LogP contribution in [0.5, 0.6) is 11.5 Å². The summed E-state index contributed by atoms with van der Waals surface area (Å²) in [5.74, 6) is -0.0345. The largest absolute Gasteiger partial charge is 0.502 e. The van der Waals surface area contributed by atoms with Crippen molar-refractivity contribution in [1.29, 1.82) is 0 Å². The Kier molecular flexibility index (Phi) is 1.85. The van der Waals surface area contributed by atoms with Gasteiger partial charge in [0.15, 0.2) is 0 Å². The molecule has 0 aliphatic carbocycles. The maximum Gasteiger partial charge on any atom is 0.268 e. The number of aryl methyl sites for hydroxylation is 1. The molecule has 4 heteroatoms. The van der Waals surface area contributed by atoms with Gasteiger partial charge in [0.1, 0.15) is 12.0 Å². The van der Waals surface area contributed by atoms with Crippen molar-refractivity contribution in [2.45, 2.75) is 6.92 Å². The molecule has 1 N–H and O–H groups in total. The van der Waals surface area contributed by atoms with Crippen LogP contribution in [0.1, 0.15) is 5.76 Å². The van der Waals surface area contributed by atoms with Crippen LogP contribution in [0, 0.1) is 6.92 Å². The minimum atomic E-state index is -0.545. The molecule has 60 valence electrons. The van der Waals surface area contributed by atoms with Crippen LogP contribution in [0.25, 0.3) is 0 Å². The van der Waals surface area contributed by atoms with Gasteiger partial charge in [-0.2, -0.15) is 0 Å². The summed E-state index contributed by atoms with van der Waals surface area (Å²) in [6, 6.07) is 0. The number of aromatic hydroxyl groups is 1. The van der Waals surface area contributed by atoms with E-state index in [0.717, 1.165) is 6.26 Å². The molecular weight excluding hydrogens is 148 g/mol. The SMILES string of the molecule is COc1c(C)occ(O)c1=O. The van der Waals surface area contributed by atoms with Gasteiger partial charge in [-0.05, 0) is 6.92 Å². The van der Waals surface area contributed by atoms with Crippen LogP contribution >= 0.6 is 0 Å². The topological polar surface area (TPSA) is 59.7 Å². The Balaban J connectivity index is 3.41. The maximum atomic E-state index is 11.0. The van der Waals surface area contributed by atoms with Crippen LogP contribution in [-0.2, 0) is 0 Å². The van der Waals surface area contributed by atoms with E-state index >= 15 is 0 Å². The molecule has 0 amide bonds. The average Bonchev–Trinajstić information content (AvgIpc) is 1.99. The fourth-order valence-corrected chi connectivity index (χ4v) is 0.764. The molecule has 1 aromatic rings. The molecule has 0 unspecified atom stereocenters. The standard InChI is InChI=1S/C7H8O4/c1-4-7(10-2)6(9)5(8)3-11-4/h3,8H,1-2H3. The molecule has 0 bridgehead atoms. The van der Waals surface area contributed by atoms with E-state index in [-0.39, 0.29) is 5.75 Å². The zero-order chi connectivity index (χ0) is 8.43. The van der Waals surface area contributed by atoms with Gasteiger partial charge < -0.3 is 14.3 Å². The molecular formula is C7H8O4. The quantitative estimate of drug-likeness (QED) is 0.648. The van der Waals surface area contributed by atoms with Crippen LogP contribution in [0.15, 0.2) is 15.5 Å². The minimum Gasteiger partial charge on any atom is -0.502 e. The third-order valence-corrected chi connectivity index (χ3v) is 1.31. The van der Waals surface area contributed by atoms with E-state index in [4.69, 9.17) is 14.3 Å². The van der Waals surface area contributed by atoms with Gasteiger partial charge in [-0.15, -0.1) is 0 Å². The van der Waals surface area contributed by atoms with Crippen LogP contribution < -0.4 is 10.2 Å². The van der Waals surface area contributed by atoms with Crippen LogP contribution in [0.4, 0.5) is 0 Å². The molecule has 0 aromatic carbocycles. The lowest BCUT2D eigenvalue weighted by Crippen LogP contribution is -2.05. The highest BCUT2D eigenvalue weighted by Crippen LogP contribution is 2.14. The van der Waals surface area contributed by atoms with Crippen molar-refractivity contribution in [3.05, 3.63) is 22.2 Å². The predicted molar refractivity (Wildman–Crippen MR) is 37.9 cm³/mol. The van der Waals surface area contributed by atoms with E-state index in [1.165, 1.54) is 7.11 Å². The third-order valence-electron chi connectivity index (χ3n) is 1.31. The van der Waals surface area contributed by atoms with Gasteiger partial charge in [0.2, 0.25) is 11.5 Å². The molecule has 1 aromatic heterocycles. The zero-order valence-corrected chi connectivity index (χ0v) is 6.25. The first-order valence-corrected chi connectivity index (χ1v) is 3.02. The summed E-state index contributed by atoms with van der Waals surface area (Å²) < 4.78 is 9.48. The average molecular weight is 156 g/mol. The van der Waals surface area contributed by atoms with Crippen molar-refractivity contribution in [3.63, 3.8) is 0 Å². The summed E-state index contributed by atoms with van der Waals surface area (Å²) in [4.78, 5) is 11.0. The van der Waals surface area contributed by atoms with E-state index < -0.39 is 11.2 Å². The Labute approximate surface area is 63.0 Å². The smallest absolute Gasteiger partial charge is 0.268 e. The Morgan fingerprint density at radius 1 is 1.64 bits per heavy atom. The molecule has 0 aliphatic rings. The molecule has 1 heterocycles. The Bertz CT molecular complexity index is 313. The highest BCUT2D eigenvalue weighted by molar-refractivity contribution is 5.30. The summed E-state index contributed by atoms with van der Waals surface area (Å²) in [6.45, 7) is 1.58. The Hall–Kier alpha value is -1.45. The molecule has 0 fully saturated rings. The third kappa shape index (κ3) is 1.19. The lowest BCUT2D eigenvalue weighted by molar-refractivity contribution is 0.354. The van der Waals surface area contributed by atoms with Crippen molar-refractivity contribution >= 4 is 0 Å². The van der Waals surface area contributed by atoms with Gasteiger partial charge >= 0.3 is 0 Å². The van der Waals surface area contributed by atoms with Crippen molar-refractivity contribution in [1.82, 2.24) is 0 Å². The van der Waals surface area contributed by atoms with E-state index in [1.807, 2.05) is 0 Å². The second kappa shape index (κ2) is 2.65. The summed E-state index contributed by atoms with van der Waals surface area (Å²) >= 11 is 0. The molecule has 0 radical (unpaired) electrons. The minimum absolute atomic E-state index is 0.0463. The van der Waals surface area contributed by atoms with E-state index in [9.17, 15) is 4.79 Å². The van der Waals surface area contributed by atoms with Gasteiger partial charge in [-0.25, -0.2) is 0 Å². The lowest BCUT2D eigenvalue weighted by atomic mass is 10.3. The number of methoxy groups -OCH3 is 1. The first kappa shape index (κ1) is 7.65. The van der Waals surface area contributed by atoms with Gasteiger partial charge in [0.25, 0.3) is 5.43 Å². The lowest BCUT2D eigenvalue weighted by Gasteiger charge is -2.00. The molecule has 0 atom stereocenters. The molecule has 0 saturated carbocycles. The number of hydrogen-bond donors (Lipinski definition) is 1. The van der Waals surface area contributed by atoms with Crippen molar-refractivity contribution in [2.75, 3.05) is 7.11 Å². The van der Waals surface area contributed by atoms with Gasteiger partial charge in [0, 0.05) is 0 Å². The first-order valence-electron chi connectivity index (χ1n) is 3.02. The van der Waals surface area contributed by atoms with Crippen molar-refractivity contribution in [3.8, 4) is 11.5 Å². The summed E-state index contributed by atoms with van der Waals surface area (Å²) in [6.07, 6.45) is 0.986. The van der Waals surface area contributed by atoms with Gasteiger partial charge in [0.05, 0.1) is 7.11 Å². The molecule has 0 saturated heterocycles. The summed E-state index contributed by atoms with van der Waals surface area (Å²) in [7, 11) is 1.35. The molecule has 4 nitrogen and oxygen atoms in total. The Morgan fingerprint density at radius 3 is 2.73 bits per heavy atom. The van der Waals surface area contributed by atoms with Gasteiger partial charge in [-0.1, -0.05) is 0 Å². The normalized spacial score (nSPS) is 9.64. The van der Waals surface area contributed by atoms with Gasteiger partial charge in [-0.3, -0.25) is 4.79 Å². The van der Waals surface area contributed by atoms with E-state index in [0.29, 0.717) is 5.76 Å². The van der Waals surface area contributed by atoms with Crippen LogP contribution in [0.3, 0.4) is 0 Å². The second-order valence-electron chi connectivity index (χ2n) is 2.04. The highest BCUT2D eigenvalue weighted by Gasteiger charge is 2.08.